The van der Waals surface area contributed by atoms with Crippen LogP contribution in [-0.2, 0) is 30.2 Å². The van der Waals surface area contributed by atoms with Crippen molar-refractivity contribution in [3.05, 3.63) is 35.9 Å². The molecule has 0 bridgehead atoms. The Bertz CT molecular complexity index is 813. The SMILES string of the molecule is CCCCCCCCCCCCCC(CCCCCCC)CC(S)OC(CC)OC(O)([PH2]=O)C(=O)OCc1ccccc1. The van der Waals surface area contributed by atoms with E-state index in [-0.39, 0.29) is 6.61 Å². The first-order chi connectivity index (χ1) is 20.9. The minimum atomic E-state index is -2.53. The van der Waals surface area contributed by atoms with Gasteiger partial charge in [0.05, 0.1) is 0 Å². The summed E-state index contributed by atoms with van der Waals surface area (Å²) in [6.07, 6.45) is 23.5. The number of hydrogen-bond acceptors (Lipinski definition) is 7. The zero-order valence-corrected chi connectivity index (χ0v) is 29.5. The molecule has 0 radical (unpaired) electrons. The standard InChI is InChI=1S/C35H63O6PS/c1-4-7-9-11-12-13-14-15-16-18-21-25-30(24-20-17-10-8-5-2)28-33(43)40-32(6-3)41-35(37,42-38)34(36)39-29-31-26-22-19-23-27-31/h19,22-23,26-27,30,32-33,37,43H,4-18,20-21,24-25,28-29,42H2,1-3H3. The van der Waals surface area contributed by atoms with Gasteiger partial charge in [0.2, 0.25) is 0 Å². The third-order valence-electron chi connectivity index (χ3n) is 8.09. The number of esters is 1. The van der Waals surface area contributed by atoms with Crippen LogP contribution in [0.3, 0.4) is 0 Å². The molecule has 43 heavy (non-hydrogen) atoms. The van der Waals surface area contributed by atoms with E-state index in [0.29, 0.717) is 12.3 Å². The van der Waals surface area contributed by atoms with Crippen molar-refractivity contribution in [1.29, 1.82) is 0 Å². The number of benzene rings is 1. The van der Waals surface area contributed by atoms with Gasteiger partial charge < -0.3 is 23.9 Å². The highest BCUT2D eigenvalue weighted by Crippen LogP contribution is 2.30. The summed E-state index contributed by atoms with van der Waals surface area (Å²) < 4.78 is 28.7. The Labute approximate surface area is 270 Å². The molecular formula is C35H63O6PS. The van der Waals surface area contributed by atoms with E-state index in [0.717, 1.165) is 24.8 Å². The third-order valence-corrected chi connectivity index (χ3v) is 9.11. The number of thiol groups is 1. The number of aliphatic hydroxyl groups is 1. The Morgan fingerprint density at radius 1 is 0.814 bits per heavy atom. The maximum Gasteiger partial charge on any atom is 0.374 e. The first-order valence-electron chi connectivity index (χ1n) is 17.3. The molecular weight excluding hydrogens is 579 g/mol. The second-order valence-electron chi connectivity index (χ2n) is 12.1. The highest BCUT2D eigenvalue weighted by molar-refractivity contribution is 7.80. The van der Waals surface area contributed by atoms with E-state index in [1.807, 2.05) is 25.1 Å². The monoisotopic (exact) mass is 642 g/mol. The molecule has 0 saturated heterocycles. The van der Waals surface area contributed by atoms with Crippen molar-refractivity contribution in [3.8, 4) is 0 Å². The first kappa shape index (κ1) is 40.2. The number of ether oxygens (including phenoxy) is 3. The van der Waals surface area contributed by atoms with Crippen molar-refractivity contribution < 1.29 is 28.7 Å². The number of carbonyl (C=O) groups excluding carboxylic acids is 1. The largest absolute Gasteiger partial charge is 0.456 e. The Hall–Kier alpha value is -0.850. The zero-order chi connectivity index (χ0) is 31.6. The molecule has 0 fully saturated rings. The molecule has 5 atom stereocenters. The maximum atomic E-state index is 12.6. The average molecular weight is 643 g/mol. The summed E-state index contributed by atoms with van der Waals surface area (Å²) in [6, 6.07) is 9.12. The molecule has 0 aromatic heterocycles. The highest BCUT2D eigenvalue weighted by atomic mass is 32.1. The van der Waals surface area contributed by atoms with E-state index in [9.17, 15) is 14.5 Å². The van der Waals surface area contributed by atoms with Crippen molar-refractivity contribution in [1.82, 2.24) is 0 Å². The Morgan fingerprint density at radius 3 is 1.77 bits per heavy atom. The summed E-state index contributed by atoms with van der Waals surface area (Å²) in [5, 5.41) is 10.7. The van der Waals surface area contributed by atoms with Gasteiger partial charge in [-0.2, -0.15) is 0 Å². The maximum absolute atomic E-state index is 12.6. The Morgan fingerprint density at radius 2 is 1.30 bits per heavy atom. The van der Waals surface area contributed by atoms with Gasteiger partial charge in [-0.3, -0.25) is 0 Å². The summed E-state index contributed by atoms with van der Waals surface area (Å²) >= 11 is 4.72. The van der Waals surface area contributed by atoms with E-state index >= 15 is 0 Å². The van der Waals surface area contributed by atoms with Crippen LogP contribution in [0, 0.1) is 5.92 Å². The van der Waals surface area contributed by atoms with E-state index < -0.39 is 31.7 Å². The molecule has 1 aromatic rings. The molecule has 0 aliphatic heterocycles. The van der Waals surface area contributed by atoms with Crippen molar-refractivity contribution in [3.63, 3.8) is 0 Å². The van der Waals surface area contributed by atoms with Crippen LogP contribution in [0.1, 0.15) is 155 Å². The lowest BCUT2D eigenvalue weighted by atomic mass is 9.91. The molecule has 250 valence electrons. The zero-order valence-electron chi connectivity index (χ0n) is 27.5. The average Bonchev–Trinajstić information content (AvgIpc) is 3.02. The van der Waals surface area contributed by atoms with Crippen LogP contribution in [0.2, 0.25) is 0 Å². The van der Waals surface area contributed by atoms with E-state index in [4.69, 9.17) is 26.8 Å². The fourth-order valence-corrected chi connectivity index (χ4v) is 6.21. The minimum Gasteiger partial charge on any atom is -0.456 e. The van der Waals surface area contributed by atoms with E-state index in [2.05, 4.69) is 13.8 Å². The topological polar surface area (TPSA) is 82.1 Å². The second kappa shape index (κ2) is 26.4. The normalized spacial score (nSPS) is 15.4. The van der Waals surface area contributed by atoms with Crippen LogP contribution in [0.15, 0.2) is 30.3 Å². The summed E-state index contributed by atoms with van der Waals surface area (Å²) in [7, 11) is -2.01. The van der Waals surface area contributed by atoms with Gasteiger partial charge in [-0.1, -0.05) is 167 Å². The van der Waals surface area contributed by atoms with Crippen molar-refractivity contribution >= 4 is 27.1 Å². The lowest BCUT2D eigenvalue weighted by Crippen LogP contribution is -2.42. The predicted molar refractivity (Wildman–Crippen MR) is 183 cm³/mol. The lowest BCUT2D eigenvalue weighted by Gasteiger charge is -2.29. The molecule has 0 amide bonds. The van der Waals surface area contributed by atoms with Gasteiger partial charge in [0.15, 0.2) is 6.29 Å². The smallest absolute Gasteiger partial charge is 0.374 e. The molecule has 0 aliphatic rings. The number of hydrogen-bond donors (Lipinski definition) is 2. The molecule has 5 unspecified atom stereocenters. The molecule has 1 aromatic carbocycles. The Kier molecular flexibility index (Phi) is 24.6. The highest BCUT2D eigenvalue weighted by Gasteiger charge is 2.41. The summed E-state index contributed by atoms with van der Waals surface area (Å²) in [5.41, 5.74) is -2.18. The van der Waals surface area contributed by atoms with Gasteiger partial charge in [0.1, 0.15) is 20.5 Å². The van der Waals surface area contributed by atoms with Gasteiger partial charge in [-0.05, 0) is 24.3 Å². The molecule has 0 aliphatic carbocycles. The summed E-state index contributed by atoms with van der Waals surface area (Å²) in [5.74, 6) is -0.569. The van der Waals surface area contributed by atoms with Crippen LogP contribution in [0.4, 0.5) is 0 Å². The van der Waals surface area contributed by atoms with Gasteiger partial charge in [0, 0.05) is 0 Å². The molecule has 8 heteroatoms. The molecule has 6 nitrogen and oxygen atoms in total. The third kappa shape index (κ3) is 20.0. The van der Waals surface area contributed by atoms with Crippen LogP contribution >= 0.6 is 21.1 Å². The van der Waals surface area contributed by atoms with Crippen molar-refractivity contribution in [2.75, 3.05) is 0 Å². The number of unbranched alkanes of at least 4 members (excludes halogenated alkanes) is 14. The number of carbonyl (C=O) groups is 1. The van der Waals surface area contributed by atoms with E-state index in [1.165, 1.54) is 103 Å². The molecule has 1 rings (SSSR count). The second-order valence-corrected chi connectivity index (χ2v) is 13.6. The van der Waals surface area contributed by atoms with Gasteiger partial charge >= 0.3 is 11.5 Å². The van der Waals surface area contributed by atoms with Gasteiger partial charge in [0.25, 0.3) is 0 Å². The first-order valence-corrected chi connectivity index (χ1v) is 18.9. The van der Waals surface area contributed by atoms with Crippen molar-refractivity contribution in [2.24, 2.45) is 5.92 Å². The molecule has 0 heterocycles. The van der Waals surface area contributed by atoms with Crippen molar-refractivity contribution in [2.45, 2.75) is 173 Å². The minimum absolute atomic E-state index is 0.0450. The van der Waals surface area contributed by atoms with Crippen LogP contribution in [0.5, 0.6) is 0 Å². The quantitative estimate of drug-likeness (QED) is 0.0298. The predicted octanol–water partition coefficient (Wildman–Crippen LogP) is 10.2. The fraction of sp³-hybridized carbons (Fsp3) is 0.800. The molecule has 1 N–H and O–H groups in total. The molecule has 0 spiro atoms. The van der Waals surface area contributed by atoms with Crippen LogP contribution in [0.25, 0.3) is 0 Å². The van der Waals surface area contributed by atoms with Gasteiger partial charge in [-0.25, -0.2) is 4.79 Å². The Balaban J connectivity index is 2.52. The van der Waals surface area contributed by atoms with Gasteiger partial charge in [-0.15, -0.1) is 12.6 Å². The van der Waals surface area contributed by atoms with Crippen LogP contribution in [-0.4, -0.2) is 28.3 Å². The summed E-state index contributed by atoms with van der Waals surface area (Å²) in [4.78, 5) is 12.6. The number of rotatable bonds is 29. The lowest BCUT2D eigenvalue weighted by molar-refractivity contribution is -0.259. The fourth-order valence-electron chi connectivity index (χ4n) is 5.39. The van der Waals surface area contributed by atoms with E-state index in [1.54, 1.807) is 12.1 Å². The summed E-state index contributed by atoms with van der Waals surface area (Å²) in [6.45, 7) is 6.29. The van der Waals surface area contributed by atoms with Crippen LogP contribution < -0.4 is 0 Å². The molecule has 0 saturated carbocycles.